The highest BCUT2D eigenvalue weighted by Crippen LogP contribution is 2.32. The molecule has 13 nitrogen and oxygen atoms in total. The van der Waals surface area contributed by atoms with Crippen LogP contribution >= 0.6 is 0 Å². The molecule has 52 heavy (non-hydrogen) atoms. The van der Waals surface area contributed by atoms with Gasteiger partial charge in [-0.25, -0.2) is 18.2 Å². The number of nitrogens with two attached hydrogens (primary N) is 1. The number of aryl methyl sites for hydroxylation is 3. The number of benzene rings is 3. The number of para-hydroxylation sites is 1. The molecule has 0 radical (unpaired) electrons. The number of nitrogens with one attached hydrogen (secondary N) is 2. The Morgan fingerprint density at radius 3 is 2.40 bits per heavy atom. The summed E-state index contributed by atoms with van der Waals surface area (Å²) in [6.07, 6.45) is 1.39. The largest absolute Gasteiger partial charge is 0.487 e. The molecule has 0 aliphatic carbocycles. The van der Waals surface area contributed by atoms with Gasteiger partial charge in [0.2, 0.25) is 15.9 Å². The molecule has 14 heteroatoms. The van der Waals surface area contributed by atoms with Crippen molar-refractivity contribution in [3.8, 4) is 5.75 Å². The normalized spacial score (nSPS) is 15.0. The van der Waals surface area contributed by atoms with Gasteiger partial charge in [-0.3, -0.25) is 9.59 Å². The number of carbonyl (C=O) groups is 3. The van der Waals surface area contributed by atoms with Gasteiger partial charge in [-0.1, -0.05) is 35.5 Å². The third kappa shape index (κ3) is 8.57. The summed E-state index contributed by atoms with van der Waals surface area (Å²) in [5.41, 5.74) is 11.6. The fraction of sp³-hybridized carbons (Fsp3) is 0.342. The number of carbonyl (C=O) groups excluding carboxylic acids is 3. The molecule has 0 saturated carbocycles. The number of pyridine rings is 1. The Kier molecular flexibility index (Phi) is 11.9. The molecule has 2 amide bonds. The third-order valence-electron chi connectivity index (χ3n) is 9.04. The summed E-state index contributed by atoms with van der Waals surface area (Å²) in [7, 11) is -4.01. The maximum absolute atomic E-state index is 14.1. The lowest BCUT2D eigenvalue weighted by atomic mass is 10.0. The first kappa shape index (κ1) is 37.9. The zero-order valence-electron chi connectivity index (χ0n) is 30.0. The lowest BCUT2D eigenvalue weighted by molar-refractivity contribution is -0.141. The Balaban J connectivity index is 1.17. The number of nitrogens with zero attached hydrogens (tertiary/aromatic N) is 3. The van der Waals surface area contributed by atoms with Crippen LogP contribution in [-0.2, 0) is 31.1 Å². The minimum atomic E-state index is -4.01. The Morgan fingerprint density at radius 1 is 0.962 bits per heavy atom. The monoisotopic (exact) mass is 728 g/mol. The molecule has 0 unspecified atom stereocenters. The van der Waals surface area contributed by atoms with Crippen molar-refractivity contribution >= 4 is 44.5 Å². The summed E-state index contributed by atoms with van der Waals surface area (Å²) < 4.78 is 35.7. The first-order chi connectivity index (χ1) is 24.8. The zero-order chi connectivity index (χ0) is 37.6. The Labute approximate surface area is 303 Å². The first-order valence-electron chi connectivity index (χ1n) is 17.1. The van der Waals surface area contributed by atoms with Crippen LogP contribution in [-0.4, -0.2) is 67.0 Å². The van der Waals surface area contributed by atoms with Crippen LogP contribution in [0.1, 0.15) is 70.1 Å². The van der Waals surface area contributed by atoms with Crippen LogP contribution in [0.15, 0.2) is 70.7 Å². The van der Waals surface area contributed by atoms with E-state index in [0.29, 0.717) is 41.7 Å². The van der Waals surface area contributed by atoms with E-state index in [0.717, 1.165) is 33.3 Å². The summed E-state index contributed by atoms with van der Waals surface area (Å²) in [5.74, 6) is -0.681. The molecule has 4 aromatic rings. The molecule has 274 valence electrons. The molecule has 3 aromatic carbocycles. The second-order valence-corrected chi connectivity index (χ2v) is 14.7. The number of hydrogen-bond acceptors (Lipinski definition) is 9. The van der Waals surface area contributed by atoms with Gasteiger partial charge >= 0.3 is 5.97 Å². The van der Waals surface area contributed by atoms with Gasteiger partial charge in [0.1, 0.15) is 23.9 Å². The number of sulfonamides is 1. The van der Waals surface area contributed by atoms with Gasteiger partial charge in [0, 0.05) is 48.8 Å². The predicted octanol–water partition coefficient (Wildman–Crippen LogP) is 4.32. The van der Waals surface area contributed by atoms with Crippen molar-refractivity contribution < 1.29 is 32.4 Å². The number of rotatable bonds is 13. The first-order valence-corrected chi connectivity index (χ1v) is 18.5. The van der Waals surface area contributed by atoms with Crippen molar-refractivity contribution in [2.75, 3.05) is 19.6 Å². The van der Waals surface area contributed by atoms with E-state index in [1.807, 2.05) is 45.0 Å². The smallest absolute Gasteiger partial charge is 0.332 e. The topological polar surface area (TPSA) is 182 Å². The average Bonchev–Trinajstić information content (AvgIpc) is 3.62. The fourth-order valence-electron chi connectivity index (χ4n) is 6.29. The second kappa shape index (κ2) is 16.3. The number of fused-ring (bicyclic) bond motifs is 1. The van der Waals surface area contributed by atoms with Crippen LogP contribution in [0.3, 0.4) is 0 Å². The van der Waals surface area contributed by atoms with E-state index in [-0.39, 0.29) is 48.8 Å². The van der Waals surface area contributed by atoms with E-state index in [1.54, 1.807) is 43.3 Å². The molecule has 2 heterocycles. The van der Waals surface area contributed by atoms with Crippen molar-refractivity contribution in [2.24, 2.45) is 10.9 Å². The fourth-order valence-corrected chi connectivity index (χ4v) is 8.20. The molecular weight excluding hydrogens is 685 g/mol. The van der Waals surface area contributed by atoms with Crippen LogP contribution in [0, 0.1) is 27.7 Å². The number of amidine groups is 1. The van der Waals surface area contributed by atoms with Crippen LogP contribution < -0.4 is 21.1 Å². The summed E-state index contributed by atoms with van der Waals surface area (Å²) in [6, 6.07) is 16.6. The molecule has 4 N–H and O–H groups in total. The number of amides is 2. The number of oxime groups is 1. The van der Waals surface area contributed by atoms with E-state index in [4.69, 9.17) is 15.5 Å². The van der Waals surface area contributed by atoms with E-state index in [1.165, 1.54) is 11.2 Å². The molecule has 1 fully saturated rings. The van der Waals surface area contributed by atoms with Gasteiger partial charge in [-0.2, -0.15) is 4.31 Å². The van der Waals surface area contributed by atoms with E-state index < -0.39 is 22.0 Å². The molecular formula is C38H44N6O7S. The Bertz CT molecular complexity index is 2130. The van der Waals surface area contributed by atoms with Crippen molar-refractivity contribution in [3.05, 3.63) is 99.7 Å². The maximum atomic E-state index is 14.1. The van der Waals surface area contributed by atoms with Gasteiger partial charge in [-0.15, -0.1) is 0 Å². The second-order valence-electron chi connectivity index (χ2n) is 12.8. The summed E-state index contributed by atoms with van der Waals surface area (Å²) in [4.78, 5) is 46.1. The zero-order valence-corrected chi connectivity index (χ0v) is 30.8. The molecule has 5 rings (SSSR count). The quantitative estimate of drug-likeness (QED) is 0.0594. The van der Waals surface area contributed by atoms with Crippen molar-refractivity contribution in [1.29, 1.82) is 0 Å². The molecule has 0 spiro atoms. The number of ether oxygens (including phenoxy) is 1. The maximum Gasteiger partial charge on any atom is 0.332 e. The standard InChI is InChI=1S/C38H44N6O7S/c1-23-12-17-34(26(4)31(23)22-50-33-11-6-9-30-24(2)21-25(3)42-35(30)33)52(48,49)44-20-7-10-32(44)38(47)41-19-8-18-40-37(46)29-15-13-28(14-16-29)36(39)43-51-27(5)45/h6,9,11-17,21,32H,7-8,10,18-20,22H2,1-5H3,(H2,39,43)(H,40,46)(H,41,47)/t32-/m0/s1. The van der Waals surface area contributed by atoms with Crippen LogP contribution in [0.4, 0.5) is 0 Å². The van der Waals surface area contributed by atoms with Crippen LogP contribution in [0.2, 0.25) is 0 Å². The average molecular weight is 729 g/mol. The molecule has 1 saturated heterocycles. The van der Waals surface area contributed by atoms with Gasteiger partial charge in [0.05, 0.1) is 4.90 Å². The minimum Gasteiger partial charge on any atom is -0.487 e. The van der Waals surface area contributed by atoms with Crippen molar-refractivity contribution in [1.82, 2.24) is 19.9 Å². The molecule has 0 bridgehead atoms. The van der Waals surface area contributed by atoms with Crippen LogP contribution in [0.25, 0.3) is 10.9 Å². The van der Waals surface area contributed by atoms with Crippen molar-refractivity contribution in [2.45, 2.75) is 71.4 Å². The number of aromatic nitrogens is 1. The SMILES string of the molecule is CC(=O)ON=C(N)c1ccc(C(=O)NCCCNC(=O)[C@@H]2CCCN2S(=O)(=O)c2ccc(C)c(COc3cccc4c(C)cc(C)nc34)c2C)cc1. The van der Waals surface area contributed by atoms with Crippen molar-refractivity contribution in [3.63, 3.8) is 0 Å². The molecule has 1 atom stereocenters. The Morgan fingerprint density at radius 2 is 1.67 bits per heavy atom. The Hall–Kier alpha value is -5.34. The summed E-state index contributed by atoms with van der Waals surface area (Å²) >= 11 is 0. The van der Waals surface area contributed by atoms with Gasteiger partial charge in [-0.05, 0) is 99.5 Å². The molecule has 1 aliphatic rings. The van der Waals surface area contributed by atoms with E-state index >= 15 is 0 Å². The highest BCUT2D eigenvalue weighted by Gasteiger charge is 2.40. The lowest BCUT2D eigenvalue weighted by Crippen LogP contribution is -2.46. The van der Waals surface area contributed by atoms with Gasteiger partial charge < -0.3 is 25.9 Å². The molecule has 1 aliphatic heterocycles. The highest BCUT2D eigenvalue weighted by molar-refractivity contribution is 7.89. The van der Waals surface area contributed by atoms with Crippen LogP contribution in [0.5, 0.6) is 5.75 Å². The van der Waals surface area contributed by atoms with Gasteiger partial charge in [0.15, 0.2) is 5.84 Å². The van der Waals surface area contributed by atoms with E-state index in [2.05, 4.69) is 20.6 Å². The molecule has 1 aromatic heterocycles. The third-order valence-corrected chi connectivity index (χ3v) is 11.1. The van der Waals surface area contributed by atoms with Gasteiger partial charge in [0.25, 0.3) is 5.91 Å². The minimum absolute atomic E-state index is 0.00399. The highest BCUT2D eigenvalue weighted by atomic mass is 32.2. The lowest BCUT2D eigenvalue weighted by Gasteiger charge is -2.25. The summed E-state index contributed by atoms with van der Waals surface area (Å²) in [5, 5.41) is 10.2. The van der Waals surface area contributed by atoms with E-state index in [9.17, 15) is 22.8 Å². The number of hydrogen-bond donors (Lipinski definition) is 3. The summed E-state index contributed by atoms with van der Waals surface area (Å²) in [6.45, 7) is 9.79. The predicted molar refractivity (Wildman–Crippen MR) is 197 cm³/mol.